The van der Waals surface area contributed by atoms with Crippen LogP contribution in [0.5, 0.6) is 0 Å². The van der Waals surface area contributed by atoms with Crippen molar-refractivity contribution in [2.75, 3.05) is 6.54 Å². The zero-order valence-corrected chi connectivity index (χ0v) is 15.8. The fourth-order valence-electron chi connectivity index (χ4n) is 4.11. The van der Waals surface area contributed by atoms with Crippen LogP contribution in [-0.4, -0.2) is 16.0 Å². The van der Waals surface area contributed by atoms with Gasteiger partial charge < -0.3 is 4.57 Å². The summed E-state index contributed by atoms with van der Waals surface area (Å²) < 4.78 is 41.7. The van der Waals surface area contributed by atoms with Crippen LogP contribution in [0.2, 0.25) is 0 Å². The minimum Gasteiger partial charge on any atom is -0.350 e. The van der Waals surface area contributed by atoms with E-state index in [2.05, 4.69) is 46.9 Å². The second-order valence-electron chi connectivity index (χ2n) is 7.47. The molecule has 4 rings (SSSR count). The van der Waals surface area contributed by atoms with Gasteiger partial charge in [0.1, 0.15) is 0 Å². The molecule has 28 heavy (non-hydrogen) atoms. The maximum absolute atomic E-state index is 13.1. The summed E-state index contributed by atoms with van der Waals surface area (Å²) in [5, 5.41) is 0. The molecule has 0 aliphatic carbocycles. The van der Waals surface area contributed by atoms with Crippen LogP contribution in [0, 0.1) is 6.92 Å². The third-order valence-electron chi connectivity index (χ3n) is 5.35. The van der Waals surface area contributed by atoms with Crippen LogP contribution in [0.3, 0.4) is 0 Å². The quantitative estimate of drug-likeness (QED) is 0.553. The van der Waals surface area contributed by atoms with Gasteiger partial charge in [-0.3, -0.25) is 4.90 Å². The van der Waals surface area contributed by atoms with Crippen molar-refractivity contribution in [3.63, 3.8) is 0 Å². The second kappa shape index (κ2) is 7.47. The highest BCUT2D eigenvalue weighted by molar-refractivity contribution is 5.33. The summed E-state index contributed by atoms with van der Waals surface area (Å²) in [5.41, 5.74) is 3.64. The van der Waals surface area contributed by atoms with Gasteiger partial charge in [0.15, 0.2) is 0 Å². The SMILES string of the molecule is Cc1cccc([C@H]2c3cccn3CCCN2Cc2cccc(C(F)(F)F)c2)c1. The maximum atomic E-state index is 13.1. The molecule has 0 radical (unpaired) electrons. The lowest BCUT2D eigenvalue weighted by Crippen LogP contribution is -2.29. The van der Waals surface area contributed by atoms with Crippen molar-refractivity contribution in [1.82, 2.24) is 9.47 Å². The highest BCUT2D eigenvalue weighted by Crippen LogP contribution is 2.34. The van der Waals surface area contributed by atoms with E-state index in [0.717, 1.165) is 25.6 Å². The van der Waals surface area contributed by atoms with Crippen molar-refractivity contribution >= 4 is 0 Å². The van der Waals surface area contributed by atoms with Gasteiger partial charge in [-0.2, -0.15) is 13.2 Å². The summed E-state index contributed by atoms with van der Waals surface area (Å²) in [6, 6.07) is 18.3. The van der Waals surface area contributed by atoms with Gasteiger partial charge in [-0.1, -0.05) is 48.0 Å². The number of rotatable bonds is 3. The first-order chi connectivity index (χ1) is 13.4. The van der Waals surface area contributed by atoms with Crippen LogP contribution in [0.25, 0.3) is 0 Å². The minimum absolute atomic E-state index is 0.0203. The van der Waals surface area contributed by atoms with Crippen molar-refractivity contribution < 1.29 is 13.2 Å². The van der Waals surface area contributed by atoms with E-state index in [1.807, 2.05) is 12.1 Å². The Balaban J connectivity index is 1.72. The largest absolute Gasteiger partial charge is 0.416 e. The third-order valence-corrected chi connectivity index (χ3v) is 5.35. The van der Waals surface area contributed by atoms with Crippen molar-refractivity contribution in [3.8, 4) is 0 Å². The Bertz CT molecular complexity index is 958. The van der Waals surface area contributed by atoms with E-state index in [-0.39, 0.29) is 6.04 Å². The Kier molecular flexibility index (Phi) is 5.02. The van der Waals surface area contributed by atoms with E-state index < -0.39 is 11.7 Å². The first kappa shape index (κ1) is 18.8. The van der Waals surface area contributed by atoms with E-state index in [1.54, 1.807) is 6.07 Å². The average molecular weight is 384 g/mol. The highest BCUT2D eigenvalue weighted by Gasteiger charge is 2.31. The smallest absolute Gasteiger partial charge is 0.350 e. The van der Waals surface area contributed by atoms with E-state index in [0.29, 0.717) is 12.1 Å². The first-order valence-electron chi connectivity index (χ1n) is 9.53. The molecular weight excluding hydrogens is 361 g/mol. The van der Waals surface area contributed by atoms with Crippen LogP contribution in [0.15, 0.2) is 66.9 Å². The third kappa shape index (κ3) is 3.85. The summed E-state index contributed by atoms with van der Waals surface area (Å²) >= 11 is 0. The fourth-order valence-corrected chi connectivity index (χ4v) is 4.11. The molecule has 5 heteroatoms. The molecule has 2 nitrogen and oxygen atoms in total. The standard InChI is InChI=1S/C23H23F3N2/c1-17-6-2-8-19(14-17)22-21-10-4-11-27(21)12-5-13-28(22)16-18-7-3-9-20(15-18)23(24,25)26/h2-4,6-11,14-15,22H,5,12-13,16H2,1H3/t22-/m0/s1. The molecule has 146 valence electrons. The summed E-state index contributed by atoms with van der Waals surface area (Å²) in [7, 11) is 0. The van der Waals surface area contributed by atoms with E-state index in [9.17, 15) is 13.2 Å². The average Bonchev–Trinajstić information content (AvgIpc) is 3.03. The molecular formula is C23H23F3N2. The van der Waals surface area contributed by atoms with Crippen molar-refractivity contribution in [1.29, 1.82) is 0 Å². The Labute approximate surface area is 163 Å². The zero-order chi connectivity index (χ0) is 19.7. The topological polar surface area (TPSA) is 8.17 Å². The molecule has 1 atom stereocenters. The van der Waals surface area contributed by atoms with Gasteiger partial charge in [0, 0.05) is 31.5 Å². The van der Waals surface area contributed by atoms with Crippen molar-refractivity contribution in [2.24, 2.45) is 0 Å². The lowest BCUT2D eigenvalue weighted by molar-refractivity contribution is -0.137. The van der Waals surface area contributed by atoms with Crippen molar-refractivity contribution in [3.05, 3.63) is 94.8 Å². The Morgan fingerprint density at radius 1 is 0.964 bits per heavy atom. The molecule has 2 heterocycles. The van der Waals surface area contributed by atoms with Gasteiger partial charge >= 0.3 is 6.18 Å². The Hall–Kier alpha value is -2.53. The van der Waals surface area contributed by atoms with E-state index in [4.69, 9.17) is 0 Å². The summed E-state index contributed by atoms with van der Waals surface area (Å²) in [5.74, 6) is 0. The number of hydrogen-bond acceptors (Lipinski definition) is 1. The maximum Gasteiger partial charge on any atom is 0.416 e. The number of aromatic nitrogens is 1. The van der Waals surface area contributed by atoms with Gasteiger partial charge in [0.25, 0.3) is 0 Å². The number of hydrogen-bond donors (Lipinski definition) is 0. The number of benzene rings is 2. The lowest BCUT2D eigenvalue weighted by Gasteiger charge is -2.31. The Morgan fingerprint density at radius 2 is 1.79 bits per heavy atom. The van der Waals surface area contributed by atoms with Crippen LogP contribution < -0.4 is 0 Å². The van der Waals surface area contributed by atoms with Gasteiger partial charge in [-0.15, -0.1) is 0 Å². The highest BCUT2D eigenvalue weighted by atomic mass is 19.4. The molecule has 0 unspecified atom stereocenters. The Morgan fingerprint density at radius 3 is 2.57 bits per heavy atom. The molecule has 1 aliphatic heterocycles. The molecule has 2 aromatic carbocycles. The van der Waals surface area contributed by atoms with E-state index >= 15 is 0 Å². The molecule has 0 saturated carbocycles. The summed E-state index contributed by atoms with van der Waals surface area (Å²) in [6.07, 6.45) is -1.27. The van der Waals surface area contributed by atoms with Crippen LogP contribution in [0.4, 0.5) is 13.2 Å². The van der Waals surface area contributed by atoms with Crippen LogP contribution >= 0.6 is 0 Å². The van der Waals surface area contributed by atoms with Gasteiger partial charge in [0.05, 0.1) is 11.6 Å². The molecule has 1 aromatic heterocycles. The second-order valence-corrected chi connectivity index (χ2v) is 7.47. The van der Waals surface area contributed by atoms with Gasteiger partial charge in [0.2, 0.25) is 0 Å². The van der Waals surface area contributed by atoms with Crippen molar-refractivity contribution in [2.45, 2.75) is 38.7 Å². The molecule has 0 spiro atoms. The number of fused-ring (bicyclic) bond motifs is 1. The van der Waals surface area contributed by atoms with Gasteiger partial charge in [-0.25, -0.2) is 0 Å². The number of aryl methyl sites for hydroxylation is 2. The zero-order valence-electron chi connectivity index (χ0n) is 15.8. The van der Waals surface area contributed by atoms with Crippen LogP contribution in [-0.2, 0) is 19.3 Å². The first-order valence-corrected chi connectivity index (χ1v) is 9.53. The molecule has 3 aromatic rings. The molecule has 1 aliphatic rings. The predicted molar refractivity (Wildman–Crippen MR) is 104 cm³/mol. The van der Waals surface area contributed by atoms with Crippen LogP contribution in [0.1, 0.15) is 40.4 Å². The predicted octanol–water partition coefficient (Wildman–Crippen LogP) is 5.81. The molecule has 0 N–H and O–H groups in total. The summed E-state index contributed by atoms with van der Waals surface area (Å²) in [4.78, 5) is 2.29. The number of nitrogens with zero attached hydrogens (tertiary/aromatic N) is 2. The monoisotopic (exact) mass is 384 g/mol. The lowest BCUT2D eigenvalue weighted by atomic mass is 9.99. The van der Waals surface area contributed by atoms with E-state index in [1.165, 1.54) is 29.0 Å². The van der Waals surface area contributed by atoms with Gasteiger partial charge in [-0.05, 0) is 42.7 Å². The minimum atomic E-state index is -4.32. The fraction of sp³-hybridized carbons (Fsp3) is 0.304. The molecule has 0 saturated heterocycles. The summed E-state index contributed by atoms with van der Waals surface area (Å²) in [6.45, 7) is 4.30. The number of alkyl halides is 3. The molecule has 0 amide bonds. The normalized spacial score (nSPS) is 17.9. The molecule has 0 bridgehead atoms. The number of halogens is 3. The molecule has 0 fully saturated rings.